The number of nitrogens with one attached hydrogen (secondary N) is 2. The number of carbonyl (C=O) groups is 1. The minimum Gasteiger partial charge on any atom is -0.352 e. The molecule has 2 N–H and O–H groups in total. The third-order valence-corrected chi connectivity index (χ3v) is 3.36. The van der Waals surface area contributed by atoms with Gasteiger partial charge in [-0.2, -0.15) is 0 Å². The lowest BCUT2D eigenvalue weighted by atomic mass is 10.1. The van der Waals surface area contributed by atoms with E-state index in [0.29, 0.717) is 18.5 Å². The van der Waals surface area contributed by atoms with Crippen molar-refractivity contribution in [3.05, 3.63) is 0 Å². The average molecular weight is 211 g/mol. The number of nitrogens with zero attached hydrogens (tertiary/aromatic N) is 1. The molecular formula is C11H21N3O. The van der Waals surface area contributed by atoms with Crippen molar-refractivity contribution < 1.29 is 4.79 Å². The molecule has 4 heteroatoms. The molecule has 4 nitrogen and oxygen atoms in total. The second-order valence-electron chi connectivity index (χ2n) is 4.81. The molecule has 2 aliphatic heterocycles. The first-order valence-electron chi connectivity index (χ1n) is 5.95. The van der Waals surface area contributed by atoms with Crippen molar-refractivity contribution in [2.24, 2.45) is 0 Å². The van der Waals surface area contributed by atoms with Crippen LogP contribution in [0, 0.1) is 0 Å². The second-order valence-corrected chi connectivity index (χ2v) is 4.81. The average Bonchev–Trinajstić information content (AvgIpc) is 2.62. The molecular weight excluding hydrogens is 190 g/mol. The van der Waals surface area contributed by atoms with E-state index >= 15 is 0 Å². The van der Waals surface area contributed by atoms with Crippen molar-refractivity contribution in [1.82, 2.24) is 15.5 Å². The molecule has 1 amide bonds. The Labute approximate surface area is 91.4 Å². The molecule has 86 valence electrons. The third kappa shape index (κ3) is 3.18. The Hall–Kier alpha value is -0.610. The molecule has 2 rings (SSSR count). The Morgan fingerprint density at radius 2 is 2.40 bits per heavy atom. The molecule has 2 heterocycles. The van der Waals surface area contributed by atoms with Gasteiger partial charge in [-0.3, -0.25) is 4.79 Å². The standard InChI is InChI=1S/C11H21N3O/c1-14-6-2-3-10(8-14)12-7-9-4-5-11(15)13-9/h9-10,12H,2-8H2,1H3,(H,13,15). The molecule has 0 spiro atoms. The van der Waals surface area contributed by atoms with Crippen LogP contribution in [0.2, 0.25) is 0 Å². The Morgan fingerprint density at radius 3 is 3.07 bits per heavy atom. The zero-order chi connectivity index (χ0) is 10.7. The SMILES string of the molecule is CN1CCCC(NCC2CCC(=O)N2)C1. The van der Waals surface area contributed by atoms with Crippen molar-refractivity contribution in [1.29, 1.82) is 0 Å². The van der Waals surface area contributed by atoms with Gasteiger partial charge in [-0.05, 0) is 32.9 Å². The third-order valence-electron chi connectivity index (χ3n) is 3.36. The number of carbonyl (C=O) groups excluding carboxylic acids is 1. The quantitative estimate of drug-likeness (QED) is 0.688. The van der Waals surface area contributed by atoms with Crippen LogP contribution in [0.3, 0.4) is 0 Å². The van der Waals surface area contributed by atoms with Gasteiger partial charge in [0.25, 0.3) is 0 Å². The summed E-state index contributed by atoms with van der Waals surface area (Å²) in [5, 5.41) is 6.55. The molecule has 2 unspecified atom stereocenters. The van der Waals surface area contributed by atoms with Crippen molar-refractivity contribution in [3.8, 4) is 0 Å². The highest BCUT2D eigenvalue weighted by molar-refractivity contribution is 5.78. The van der Waals surface area contributed by atoms with E-state index in [1.807, 2.05) is 0 Å². The molecule has 2 aliphatic rings. The fourth-order valence-corrected chi connectivity index (χ4v) is 2.47. The molecule has 0 saturated carbocycles. The second kappa shape index (κ2) is 4.94. The highest BCUT2D eigenvalue weighted by Crippen LogP contribution is 2.09. The van der Waals surface area contributed by atoms with E-state index in [1.165, 1.54) is 19.4 Å². The van der Waals surface area contributed by atoms with Gasteiger partial charge in [-0.1, -0.05) is 0 Å². The van der Waals surface area contributed by atoms with Gasteiger partial charge < -0.3 is 15.5 Å². The molecule has 0 aliphatic carbocycles. The summed E-state index contributed by atoms with van der Waals surface area (Å²) in [5.74, 6) is 0.211. The van der Waals surface area contributed by atoms with Gasteiger partial charge in [0.05, 0.1) is 0 Å². The van der Waals surface area contributed by atoms with E-state index in [2.05, 4.69) is 22.6 Å². The first kappa shape index (κ1) is 10.9. The number of hydrogen-bond acceptors (Lipinski definition) is 3. The van der Waals surface area contributed by atoms with E-state index < -0.39 is 0 Å². The largest absolute Gasteiger partial charge is 0.352 e. The van der Waals surface area contributed by atoms with Crippen molar-refractivity contribution >= 4 is 5.91 Å². The van der Waals surface area contributed by atoms with E-state index in [0.717, 1.165) is 19.5 Å². The van der Waals surface area contributed by atoms with E-state index in [9.17, 15) is 4.79 Å². The summed E-state index contributed by atoms with van der Waals surface area (Å²) in [7, 11) is 2.17. The molecule has 2 saturated heterocycles. The topological polar surface area (TPSA) is 44.4 Å². The van der Waals surface area contributed by atoms with E-state index in [-0.39, 0.29) is 5.91 Å². The van der Waals surface area contributed by atoms with Gasteiger partial charge in [-0.25, -0.2) is 0 Å². The lowest BCUT2D eigenvalue weighted by molar-refractivity contribution is -0.119. The van der Waals surface area contributed by atoms with E-state index in [4.69, 9.17) is 0 Å². The molecule has 2 atom stereocenters. The molecule has 15 heavy (non-hydrogen) atoms. The minimum atomic E-state index is 0.211. The Bertz CT molecular complexity index is 232. The van der Waals surface area contributed by atoms with Crippen LogP contribution < -0.4 is 10.6 Å². The molecule has 0 aromatic heterocycles. The molecule has 2 fully saturated rings. The number of likely N-dealkylation sites (tertiary alicyclic amines) is 1. The zero-order valence-electron chi connectivity index (χ0n) is 9.46. The molecule has 0 aromatic carbocycles. The van der Waals surface area contributed by atoms with Crippen molar-refractivity contribution in [3.63, 3.8) is 0 Å². The molecule has 0 aromatic rings. The van der Waals surface area contributed by atoms with Crippen LogP contribution in [-0.4, -0.2) is 49.6 Å². The van der Waals surface area contributed by atoms with Crippen LogP contribution in [-0.2, 0) is 4.79 Å². The number of rotatable bonds is 3. The van der Waals surface area contributed by atoms with Gasteiger partial charge >= 0.3 is 0 Å². The predicted molar refractivity (Wildman–Crippen MR) is 59.7 cm³/mol. The van der Waals surface area contributed by atoms with E-state index in [1.54, 1.807) is 0 Å². The molecule has 0 bridgehead atoms. The summed E-state index contributed by atoms with van der Waals surface area (Å²) in [6.45, 7) is 3.29. The maximum absolute atomic E-state index is 11.0. The fraction of sp³-hybridized carbons (Fsp3) is 0.909. The number of amides is 1. The van der Waals surface area contributed by atoms with Crippen LogP contribution in [0.4, 0.5) is 0 Å². The van der Waals surface area contributed by atoms with Crippen molar-refractivity contribution in [2.45, 2.75) is 37.8 Å². The summed E-state index contributed by atoms with van der Waals surface area (Å²) < 4.78 is 0. The highest BCUT2D eigenvalue weighted by atomic mass is 16.1. The van der Waals surface area contributed by atoms with Crippen LogP contribution in [0.15, 0.2) is 0 Å². The summed E-state index contributed by atoms with van der Waals surface area (Å²) in [4.78, 5) is 13.4. The lowest BCUT2D eigenvalue weighted by Gasteiger charge is -2.31. The summed E-state index contributed by atoms with van der Waals surface area (Å²) >= 11 is 0. The predicted octanol–water partition coefficient (Wildman–Crippen LogP) is -0.0512. The number of likely N-dealkylation sites (N-methyl/N-ethyl adjacent to an activating group) is 1. The molecule has 0 radical (unpaired) electrons. The van der Waals surface area contributed by atoms with Crippen LogP contribution in [0.1, 0.15) is 25.7 Å². The first-order chi connectivity index (χ1) is 7.24. The van der Waals surface area contributed by atoms with Gasteiger partial charge in [-0.15, -0.1) is 0 Å². The maximum Gasteiger partial charge on any atom is 0.220 e. The summed E-state index contributed by atoms with van der Waals surface area (Å²) in [6.07, 6.45) is 4.25. The Balaban J connectivity index is 1.66. The number of hydrogen-bond donors (Lipinski definition) is 2. The van der Waals surface area contributed by atoms with Gasteiger partial charge in [0, 0.05) is 31.6 Å². The Kier molecular flexibility index (Phi) is 3.59. The first-order valence-corrected chi connectivity index (χ1v) is 5.95. The highest BCUT2D eigenvalue weighted by Gasteiger charge is 2.22. The summed E-state index contributed by atoms with van der Waals surface area (Å²) in [5.41, 5.74) is 0. The number of piperidine rings is 1. The normalized spacial score (nSPS) is 33.0. The minimum absolute atomic E-state index is 0.211. The van der Waals surface area contributed by atoms with Crippen molar-refractivity contribution in [2.75, 3.05) is 26.7 Å². The lowest BCUT2D eigenvalue weighted by Crippen LogP contribution is -2.47. The van der Waals surface area contributed by atoms with Gasteiger partial charge in [0.1, 0.15) is 0 Å². The van der Waals surface area contributed by atoms with Gasteiger partial charge in [0.15, 0.2) is 0 Å². The fourth-order valence-electron chi connectivity index (χ4n) is 2.47. The summed E-state index contributed by atoms with van der Waals surface area (Å²) in [6, 6.07) is 0.978. The van der Waals surface area contributed by atoms with Gasteiger partial charge in [0.2, 0.25) is 5.91 Å². The van der Waals surface area contributed by atoms with Crippen LogP contribution >= 0.6 is 0 Å². The monoisotopic (exact) mass is 211 g/mol. The Morgan fingerprint density at radius 1 is 1.53 bits per heavy atom. The zero-order valence-corrected chi connectivity index (χ0v) is 9.46. The van der Waals surface area contributed by atoms with Crippen LogP contribution in [0.5, 0.6) is 0 Å². The van der Waals surface area contributed by atoms with Crippen LogP contribution in [0.25, 0.3) is 0 Å². The maximum atomic E-state index is 11.0. The smallest absolute Gasteiger partial charge is 0.220 e.